The molecule has 8 aromatic heterocycles. The molecule has 0 bridgehead atoms. The molecule has 0 fully saturated rings. The first-order valence-corrected chi connectivity index (χ1v) is 32.0. The molecule has 0 aliphatic carbocycles. The van der Waals surface area contributed by atoms with Crippen LogP contribution >= 0.6 is 0 Å². The van der Waals surface area contributed by atoms with Crippen molar-refractivity contribution in [3.8, 4) is 0 Å². The second kappa shape index (κ2) is 35.6. The van der Waals surface area contributed by atoms with E-state index in [0.717, 1.165) is 38.7 Å². The summed E-state index contributed by atoms with van der Waals surface area (Å²) in [7, 11) is 4.64. The van der Waals surface area contributed by atoms with E-state index in [2.05, 4.69) is 61.4 Å². The first kappa shape index (κ1) is 75.9. The van der Waals surface area contributed by atoms with E-state index in [1.54, 1.807) is 27.9 Å². The summed E-state index contributed by atoms with van der Waals surface area (Å²) in [5.41, 5.74) is 8.61. The number of aromatic amines is 1. The number of benzene rings is 2. The molecule has 8 heterocycles. The SMILES string of the molecule is CCCn1c(=O)[nH]c2ncn(CC(=O)OCC)c2c1=O.CCCn1c(=O)c2c(ncn2CC(=O)NCCc2ccc(C)cc2)n(C)c1=O.CCCn1c(=O)c2c(ncn2CC(=O)O)n(C)c1=O.CCCn1c(=O)c2c(ncn2CC(=O)OCC)n(C)c1=O.Cc1ccc(CCN)cc1. The summed E-state index contributed by atoms with van der Waals surface area (Å²) in [5, 5.41) is 11.7. The Bertz CT molecular complexity index is 4950. The highest BCUT2D eigenvalue weighted by Crippen LogP contribution is 2.11. The number of nitrogens with two attached hydrogens (primary N) is 1. The van der Waals surface area contributed by atoms with Gasteiger partial charge >= 0.3 is 40.7 Å². The monoisotopic (exact) mass is 1360 g/mol. The van der Waals surface area contributed by atoms with Crippen LogP contribution in [0, 0.1) is 13.8 Å². The second-order valence-electron chi connectivity index (χ2n) is 22.6. The lowest BCUT2D eigenvalue weighted by Gasteiger charge is -2.09. The number of hydrogen-bond donors (Lipinski definition) is 4. The highest BCUT2D eigenvalue weighted by molar-refractivity contribution is 5.79. The van der Waals surface area contributed by atoms with E-state index in [1.165, 1.54) is 85.6 Å². The van der Waals surface area contributed by atoms with Crippen molar-refractivity contribution in [3.63, 3.8) is 0 Å². The van der Waals surface area contributed by atoms with Gasteiger partial charge in [-0.25, -0.2) is 39.1 Å². The number of fused-ring (bicyclic) bond motifs is 4. The van der Waals surface area contributed by atoms with Crippen LogP contribution in [0.4, 0.5) is 0 Å². The summed E-state index contributed by atoms with van der Waals surface area (Å²) in [6.45, 7) is 17.5. The van der Waals surface area contributed by atoms with Gasteiger partial charge < -0.3 is 43.9 Å². The lowest BCUT2D eigenvalue weighted by Crippen LogP contribution is -2.40. The summed E-state index contributed by atoms with van der Waals surface area (Å²) in [4.78, 5) is 163. The van der Waals surface area contributed by atoms with Gasteiger partial charge in [-0.15, -0.1) is 0 Å². The molecular weight excluding hydrogens is 1270 g/mol. The summed E-state index contributed by atoms with van der Waals surface area (Å²) in [5.74, 6) is -2.19. The molecule has 98 heavy (non-hydrogen) atoms. The topological polar surface area (TPSA) is 403 Å². The van der Waals surface area contributed by atoms with E-state index in [-0.39, 0.29) is 90.0 Å². The molecule has 526 valence electrons. The van der Waals surface area contributed by atoms with Crippen LogP contribution < -0.4 is 56.0 Å². The number of carboxylic acid groups (broad SMARTS) is 1. The number of amides is 1. The lowest BCUT2D eigenvalue weighted by atomic mass is 10.1. The van der Waals surface area contributed by atoms with Crippen LogP contribution in [0.2, 0.25) is 0 Å². The number of esters is 2. The van der Waals surface area contributed by atoms with E-state index >= 15 is 0 Å². The lowest BCUT2D eigenvalue weighted by molar-refractivity contribution is -0.144. The van der Waals surface area contributed by atoms with Crippen molar-refractivity contribution in [1.29, 1.82) is 0 Å². The largest absolute Gasteiger partial charge is 0.480 e. The van der Waals surface area contributed by atoms with E-state index < -0.39 is 62.9 Å². The van der Waals surface area contributed by atoms with Gasteiger partial charge in [-0.2, -0.15) is 0 Å². The van der Waals surface area contributed by atoms with Crippen molar-refractivity contribution < 1.29 is 33.8 Å². The summed E-state index contributed by atoms with van der Waals surface area (Å²) >= 11 is 0. The minimum absolute atomic E-state index is 0.0238. The number of ether oxygens (including phenoxy) is 2. The smallest absolute Gasteiger partial charge is 0.332 e. The molecule has 33 heteroatoms. The first-order chi connectivity index (χ1) is 46.8. The Kier molecular flexibility index (Phi) is 27.6. The average molecular weight is 1360 g/mol. The van der Waals surface area contributed by atoms with Crippen LogP contribution in [0.25, 0.3) is 44.7 Å². The molecule has 5 N–H and O–H groups in total. The Morgan fingerprint density at radius 1 is 0.480 bits per heavy atom. The number of imidazole rings is 4. The zero-order valence-electron chi connectivity index (χ0n) is 57.1. The number of H-pyrrole nitrogens is 1. The van der Waals surface area contributed by atoms with E-state index in [4.69, 9.17) is 20.3 Å². The van der Waals surface area contributed by atoms with Crippen molar-refractivity contribution in [2.24, 2.45) is 26.9 Å². The van der Waals surface area contributed by atoms with Gasteiger partial charge in [0.15, 0.2) is 44.7 Å². The Balaban J connectivity index is 0.000000199. The minimum atomic E-state index is -1.07. The summed E-state index contributed by atoms with van der Waals surface area (Å²) in [6.07, 6.45) is 9.73. The summed E-state index contributed by atoms with van der Waals surface area (Å²) in [6, 6.07) is 16.7. The predicted octanol–water partition coefficient (Wildman–Crippen LogP) is 1.59. The van der Waals surface area contributed by atoms with Crippen LogP contribution in [-0.2, 0) is 115 Å². The van der Waals surface area contributed by atoms with Crippen LogP contribution in [0.1, 0.15) is 89.5 Å². The van der Waals surface area contributed by atoms with Crippen LogP contribution in [0.3, 0.4) is 0 Å². The fourth-order valence-electron chi connectivity index (χ4n) is 10.3. The number of aryl methyl sites for hydroxylation is 5. The van der Waals surface area contributed by atoms with Gasteiger partial charge in [-0.3, -0.25) is 75.3 Å². The van der Waals surface area contributed by atoms with Gasteiger partial charge in [0, 0.05) is 53.9 Å². The molecule has 0 aliphatic heterocycles. The number of aromatic nitrogens is 16. The standard InChI is InChI=1S/C20H25N5O3.C13H18N4O4.C12H16N4O4.C11H14N4O4.C9H13N/c1-4-11-25-19(27)17-18(23(3)20(25)28)22-13-24(17)12-16(26)21-10-9-15-7-5-14(2)6-8-15;1-4-6-17-12(19)10-11(15(3)13(17)20)14-8-16(10)7-9(18)21-5-2;1-3-5-16-11(18)9-10(14-12(16)19)13-7-15(9)6-8(17)20-4-2;1-3-4-15-10(18)8-9(13(2)11(15)19)12-6-14(8)5-7(16)17;1-8-2-4-9(5-3-8)6-7-10/h5-8,13H,4,9-12H2,1-3H3,(H,21,26);8H,4-7H2,1-3H3;7H,3-6H2,1-2H3,(H,14,19);6H,3-5H2,1-2H3,(H,16,17);2-5H,6-7,10H2,1H3. The molecule has 2 aromatic carbocycles. The van der Waals surface area contributed by atoms with Crippen LogP contribution in [0.15, 0.2) is 112 Å². The average Bonchev–Trinajstić information content (AvgIpc) is 1.55. The highest BCUT2D eigenvalue weighted by Gasteiger charge is 2.21. The van der Waals surface area contributed by atoms with Gasteiger partial charge in [-0.05, 0) is 83.9 Å². The van der Waals surface area contributed by atoms with Gasteiger partial charge in [-0.1, -0.05) is 87.4 Å². The fraction of sp³-hybridized carbons (Fsp3) is 0.446. The van der Waals surface area contributed by atoms with Crippen LogP contribution in [0.5, 0.6) is 0 Å². The van der Waals surface area contributed by atoms with Crippen molar-refractivity contribution in [2.75, 3.05) is 26.3 Å². The maximum Gasteiger partial charge on any atom is 0.332 e. The van der Waals surface area contributed by atoms with E-state index in [9.17, 15) is 57.5 Å². The zero-order chi connectivity index (χ0) is 72.1. The van der Waals surface area contributed by atoms with Crippen LogP contribution in [-0.4, -0.2) is 130 Å². The van der Waals surface area contributed by atoms with Crippen molar-refractivity contribution in [3.05, 3.63) is 179 Å². The minimum Gasteiger partial charge on any atom is -0.480 e. The maximum absolute atomic E-state index is 12.7. The molecule has 1 amide bonds. The molecule has 0 unspecified atom stereocenters. The number of rotatable bonds is 23. The van der Waals surface area contributed by atoms with E-state index in [1.807, 2.05) is 58.9 Å². The Morgan fingerprint density at radius 2 is 0.827 bits per heavy atom. The molecule has 10 aromatic rings. The zero-order valence-corrected chi connectivity index (χ0v) is 57.1. The third kappa shape index (κ3) is 18.5. The number of carbonyl (C=O) groups is 4. The molecule has 0 atom stereocenters. The predicted molar refractivity (Wildman–Crippen MR) is 366 cm³/mol. The fourth-order valence-corrected chi connectivity index (χ4v) is 10.3. The van der Waals surface area contributed by atoms with Crippen molar-refractivity contribution in [2.45, 2.75) is 146 Å². The highest BCUT2D eigenvalue weighted by atomic mass is 16.5. The number of carbonyl (C=O) groups excluding carboxylic acids is 3. The van der Waals surface area contributed by atoms with E-state index in [0.29, 0.717) is 58.4 Å². The number of carboxylic acids is 1. The third-order valence-corrected chi connectivity index (χ3v) is 15.1. The number of nitrogens with one attached hydrogen (secondary N) is 2. The maximum atomic E-state index is 12.7. The molecule has 0 radical (unpaired) electrons. The normalized spacial score (nSPS) is 10.9. The molecule has 10 rings (SSSR count). The Morgan fingerprint density at radius 3 is 1.20 bits per heavy atom. The number of aliphatic carboxylic acids is 1. The molecule has 0 aliphatic rings. The molecule has 33 nitrogen and oxygen atoms in total. The number of hydrogen-bond acceptors (Lipinski definition) is 19. The molecule has 0 saturated heterocycles. The number of nitrogens with zero attached hydrogens (tertiary/aromatic N) is 15. The van der Waals surface area contributed by atoms with Gasteiger partial charge in [0.25, 0.3) is 22.2 Å². The summed E-state index contributed by atoms with van der Waals surface area (Å²) < 4.78 is 23.7. The van der Waals surface area contributed by atoms with Crippen molar-refractivity contribution in [1.82, 2.24) is 80.5 Å². The molecule has 0 spiro atoms. The van der Waals surface area contributed by atoms with Gasteiger partial charge in [0.05, 0.1) is 38.5 Å². The van der Waals surface area contributed by atoms with Gasteiger partial charge in [0.1, 0.15) is 26.2 Å². The Labute approximate surface area is 559 Å². The first-order valence-electron chi connectivity index (χ1n) is 32.0. The van der Waals surface area contributed by atoms with Crippen molar-refractivity contribution >= 4 is 68.5 Å². The molecular formula is C65H86N18O15. The molecule has 0 saturated carbocycles. The third-order valence-electron chi connectivity index (χ3n) is 15.1. The quantitative estimate of drug-likeness (QED) is 0.0661. The van der Waals surface area contributed by atoms with Gasteiger partial charge in [0.2, 0.25) is 5.91 Å². The second-order valence-corrected chi connectivity index (χ2v) is 22.6. The Hall–Kier alpha value is -11.1.